The van der Waals surface area contributed by atoms with E-state index in [2.05, 4.69) is 27.1 Å². The highest BCUT2D eigenvalue weighted by molar-refractivity contribution is 5.89. The number of aromatic nitrogens is 2. The molecule has 0 radical (unpaired) electrons. The molecule has 0 bridgehead atoms. The molecule has 5 heteroatoms. The molecule has 112 valence electrons. The van der Waals surface area contributed by atoms with E-state index in [1.807, 2.05) is 38.2 Å². The van der Waals surface area contributed by atoms with Gasteiger partial charge in [0.15, 0.2) is 0 Å². The maximum Gasteiger partial charge on any atom is 0.319 e. The Hall–Kier alpha value is -2.30. The molecule has 0 saturated heterocycles. The van der Waals surface area contributed by atoms with Crippen LogP contribution in [0.15, 0.2) is 30.6 Å². The maximum absolute atomic E-state index is 11.8. The van der Waals surface area contributed by atoms with Crippen molar-refractivity contribution in [1.29, 1.82) is 0 Å². The van der Waals surface area contributed by atoms with E-state index >= 15 is 0 Å². The average molecular weight is 286 g/mol. The number of urea groups is 1. The molecule has 21 heavy (non-hydrogen) atoms. The van der Waals surface area contributed by atoms with E-state index in [4.69, 9.17) is 0 Å². The second kappa shape index (κ2) is 6.92. The fraction of sp³-hybridized carbons (Fsp3) is 0.375. The summed E-state index contributed by atoms with van der Waals surface area (Å²) in [6.45, 7) is 7.55. The molecule has 0 aliphatic heterocycles. The second-order valence-corrected chi connectivity index (χ2v) is 5.20. The number of imidazole rings is 1. The topological polar surface area (TPSA) is 59.0 Å². The lowest BCUT2D eigenvalue weighted by Gasteiger charge is -2.10. The van der Waals surface area contributed by atoms with Crippen LogP contribution in [0.3, 0.4) is 0 Å². The average Bonchev–Trinajstić information content (AvgIpc) is 2.85. The number of nitrogens with zero attached hydrogens (tertiary/aromatic N) is 2. The third-order valence-corrected chi connectivity index (χ3v) is 3.55. The minimum Gasteiger partial charge on any atom is -0.338 e. The first-order valence-electron chi connectivity index (χ1n) is 7.16. The van der Waals surface area contributed by atoms with Crippen molar-refractivity contribution < 1.29 is 4.79 Å². The van der Waals surface area contributed by atoms with Gasteiger partial charge in [-0.3, -0.25) is 0 Å². The van der Waals surface area contributed by atoms with Crippen molar-refractivity contribution in [3.8, 4) is 0 Å². The molecule has 2 aromatic rings. The van der Waals surface area contributed by atoms with Gasteiger partial charge in [-0.05, 0) is 50.5 Å². The summed E-state index contributed by atoms with van der Waals surface area (Å²) in [6, 6.07) is 5.73. The summed E-state index contributed by atoms with van der Waals surface area (Å²) in [5, 5.41) is 5.71. The Kier molecular flexibility index (Phi) is 4.98. The van der Waals surface area contributed by atoms with Crippen LogP contribution >= 0.6 is 0 Å². The van der Waals surface area contributed by atoms with E-state index in [-0.39, 0.29) is 6.03 Å². The molecule has 5 nitrogen and oxygen atoms in total. The summed E-state index contributed by atoms with van der Waals surface area (Å²) in [7, 11) is 0. The van der Waals surface area contributed by atoms with Crippen LogP contribution in [-0.2, 0) is 6.54 Å². The van der Waals surface area contributed by atoms with E-state index in [1.54, 1.807) is 6.20 Å². The molecule has 0 aliphatic rings. The molecule has 1 aromatic carbocycles. The van der Waals surface area contributed by atoms with Crippen molar-refractivity contribution in [3.05, 3.63) is 47.5 Å². The van der Waals surface area contributed by atoms with Gasteiger partial charge in [0.2, 0.25) is 0 Å². The first kappa shape index (κ1) is 15.1. The van der Waals surface area contributed by atoms with Gasteiger partial charge < -0.3 is 15.2 Å². The van der Waals surface area contributed by atoms with Crippen LogP contribution in [-0.4, -0.2) is 22.1 Å². The second-order valence-electron chi connectivity index (χ2n) is 5.20. The fourth-order valence-electron chi connectivity index (χ4n) is 2.09. The molecule has 0 atom stereocenters. The number of hydrogen-bond acceptors (Lipinski definition) is 2. The molecule has 1 heterocycles. The van der Waals surface area contributed by atoms with Crippen molar-refractivity contribution in [1.82, 2.24) is 14.9 Å². The Morgan fingerprint density at radius 2 is 2.05 bits per heavy atom. The van der Waals surface area contributed by atoms with Gasteiger partial charge >= 0.3 is 6.03 Å². The normalized spacial score (nSPS) is 10.4. The molecule has 2 N–H and O–H groups in total. The highest BCUT2D eigenvalue weighted by atomic mass is 16.2. The first-order chi connectivity index (χ1) is 10.1. The van der Waals surface area contributed by atoms with Gasteiger partial charge in [0.1, 0.15) is 5.82 Å². The quantitative estimate of drug-likeness (QED) is 0.830. The number of rotatable bonds is 5. The molecular formula is C16H22N4O. The number of nitrogens with one attached hydrogen (secondary N) is 2. The zero-order valence-corrected chi connectivity index (χ0v) is 12.8. The summed E-state index contributed by atoms with van der Waals surface area (Å²) in [5.41, 5.74) is 3.21. The molecule has 2 amide bonds. The Morgan fingerprint density at radius 3 is 2.71 bits per heavy atom. The van der Waals surface area contributed by atoms with Crippen molar-refractivity contribution in [3.63, 3.8) is 0 Å². The molecule has 0 spiro atoms. The molecule has 0 unspecified atom stereocenters. The van der Waals surface area contributed by atoms with Gasteiger partial charge in [-0.2, -0.15) is 0 Å². The number of hydrogen-bond donors (Lipinski definition) is 2. The zero-order valence-electron chi connectivity index (χ0n) is 12.8. The van der Waals surface area contributed by atoms with E-state index in [0.29, 0.717) is 6.54 Å². The number of anilines is 1. The van der Waals surface area contributed by atoms with Crippen LogP contribution in [0, 0.1) is 20.8 Å². The van der Waals surface area contributed by atoms with Crippen molar-refractivity contribution in [2.75, 3.05) is 11.9 Å². The fourth-order valence-corrected chi connectivity index (χ4v) is 2.09. The molecule has 0 aliphatic carbocycles. The number of benzene rings is 1. The van der Waals surface area contributed by atoms with Gasteiger partial charge in [0.05, 0.1) is 0 Å². The smallest absolute Gasteiger partial charge is 0.319 e. The number of carbonyl (C=O) groups excluding carboxylic acids is 1. The van der Waals surface area contributed by atoms with Crippen molar-refractivity contribution in [2.24, 2.45) is 0 Å². The minimum atomic E-state index is -0.166. The summed E-state index contributed by atoms with van der Waals surface area (Å²) in [4.78, 5) is 16.0. The number of aryl methyl sites for hydroxylation is 4. The minimum absolute atomic E-state index is 0.166. The SMILES string of the molecule is Cc1ccc(NC(=O)NCCCn2ccnc2C)cc1C. The van der Waals surface area contributed by atoms with Crippen LogP contribution in [0.2, 0.25) is 0 Å². The van der Waals surface area contributed by atoms with Gasteiger partial charge in [-0.25, -0.2) is 9.78 Å². The predicted octanol–water partition coefficient (Wildman–Crippen LogP) is 3.02. The first-order valence-corrected chi connectivity index (χ1v) is 7.16. The third kappa shape index (κ3) is 4.34. The van der Waals surface area contributed by atoms with E-state index < -0.39 is 0 Å². The third-order valence-electron chi connectivity index (χ3n) is 3.55. The Morgan fingerprint density at radius 1 is 1.24 bits per heavy atom. The lowest BCUT2D eigenvalue weighted by molar-refractivity contribution is 0.252. The highest BCUT2D eigenvalue weighted by Crippen LogP contribution is 2.13. The van der Waals surface area contributed by atoms with E-state index in [0.717, 1.165) is 24.5 Å². The Bertz CT molecular complexity index is 618. The van der Waals surface area contributed by atoms with Gasteiger partial charge in [0, 0.05) is 31.2 Å². The molecule has 2 rings (SSSR count). The maximum atomic E-state index is 11.8. The van der Waals surface area contributed by atoms with Crippen molar-refractivity contribution in [2.45, 2.75) is 33.7 Å². The van der Waals surface area contributed by atoms with Crippen LogP contribution in [0.1, 0.15) is 23.4 Å². The van der Waals surface area contributed by atoms with Gasteiger partial charge in [0.25, 0.3) is 0 Å². The molecular weight excluding hydrogens is 264 g/mol. The van der Waals surface area contributed by atoms with Crippen molar-refractivity contribution >= 4 is 11.7 Å². The van der Waals surface area contributed by atoms with Crippen LogP contribution in [0.25, 0.3) is 0 Å². The van der Waals surface area contributed by atoms with Gasteiger partial charge in [-0.1, -0.05) is 6.07 Å². The monoisotopic (exact) mass is 286 g/mol. The number of carbonyl (C=O) groups is 1. The van der Waals surface area contributed by atoms with Crippen LogP contribution in [0.4, 0.5) is 10.5 Å². The Labute approximate surface area is 125 Å². The van der Waals surface area contributed by atoms with Crippen LogP contribution < -0.4 is 10.6 Å². The zero-order chi connectivity index (χ0) is 15.2. The predicted molar refractivity (Wildman–Crippen MR) is 84.5 cm³/mol. The summed E-state index contributed by atoms with van der Waals surface area (Å²) in [6.07, 6.45) is 4.61. The highest BCUT2D eigenvalue weighted by Gasteiger charge is 2.02. The summed E-state index contributed by atoms with van der Waals surface area (Å²) < 4.78 is 2.07. The summed E-state index contributed by atoms with van der Waals surface area (Å²) in [5.74, 6) is 0.995. The number of amides is 2. The molecule has 0 saturated carbocycles. The lowest BCUT2D eigenvalue weighted by atomic mass is 10.1. The van der Waals surface area contributed by atoms with Crippen LogP contribution in [0.5, 0.6) is 0 Å². The van der Waals surface area contributed by atoms with E-state index in [1.165, 1.54) is 11.1 Å². The lowest BCUT2D eigenvalue weighted by Crippen LogP contribution is -2.30. The summed E-state index contributed by atoms with van der Waals surface area (Å²) >= 11 is 0. The molecule has 1 aromatic heterocycles. The largest absolute Gasteiger partial charge is 0.338 e. The molecule has 0 fully saturated rings. The standard InChI is InChI=1S/C16H22N4O/c1-12-5-6-15(11-13(12)2)19-16(21)18-7-4-9-20-10-8-17-14(20)3/h5-6,8,10-11H,4,7,9H2,1-3H3,(H2,18,19,21). The van der Waals surface area contributed by atoms with E-state index in [9.17, 15) is 4.79 Å². The van der Waals surface area contributed by atoms with Gasteiger partial charge in [-0.15, -0.1) is 0 Å². The Balaban J connectivity index is 1.72.